The molecule has 2 amide bonds. The van der Waals surface area contributed by atoms with Gasteiger partial charge in [-0.15, -0.1) is 0 Å². The van der Waals surface area contributed by atoms with Crippen molar-refractivity contribution in [2.24, 2.45) is 5.41 Å². The van der Waals surface area contributed by atoms with E-state index in [2.05, 4.69) is 22.8 Å². The smallest absolute Gasteiger partial charge is 0.408 e. The number of carboxylic acid groups (broad SMARTS) is 1. The number of hydrogen-bond donors (Lipinski definition) is 3. The van der Waals surface area contributed by atoms with Gasteiger partial charge in [-0.3, -0.25) is 9.59 Å². The fourth-order valence-electron chi connectivity index (χ4n) is 4.03. The van der Waals surface area contributed by atoms with Crippen molar-refractivity contribution >= 4 is 18.0 Å². The molecule has 0 aromatic heterocycles. The molecule has 0 spiro atoms. The first-order valence-corrected chi connectivity index (χ1v) is 11.1. The Balaban J connectivity index is 1.64. The number of ether oxygens (including phenoxy) is 1. The monoisotopic (exact) mass is 452 g/mol. The summed E-state index contributed by atoms with van der Waals surface area (Å²) in [5.41, 5.74) is 2.72. The number of rotatable bonds is 7. The van der Waals surface area contributed by atoms with Crippen LogP contribution >= 0.6 is 0 Å². The van der Waals surface area contributed by atoms with E-state index in [9.17, 15) is 19.5 Å². The van der Waals surface area contributed by atoms with Gasteiger partial charge in [0.25, 0.3) is 0 Å². The van der Waals surface area contributed by atoms with Crippen molar-refractivity contribution in [3.63, 3.8) is 0 Å². The number of aliphatic carboxylic acids is 1. The Morgan fingerprint density at radius 1 is 0.939 bits per heavy atom. The number of hydrogen-bond acceptors (Lipinski definition) is 4. The minimum absolute atomic E-state index is 0.0825. The maximum atomic E-state index is 12.9. The standard InChI is InChI=1S/C26H32N2O5/c1-25(2,3)21(14-22(29)30)27-23(31)26(4,5)28-24(32)33-15-20-18-12-8-6-10-16(18)17-11-7-9-13-19(17)20/h6-13,20-21H,14-15H2,1-5H3,(H,27,31)(H,28,32)(H,29,30). The third-order valence-electron chi connectivity index (χ3n) is 6.06. The normalized spacial score (nSPS) is 14.1. The van der Waals surface area contributed by atoms with Crippen LogP contribution in [-0.4, -0.2) is 41.3 Å². The van der Waals surface area contributed by atoms with Gasteiger partial charge < -0.3 is 20.5 Å². The number of nitrogens with one attached hydrogen (secondary N) is 2. The first kappa shape index (κ1) is 24.3. The van der Waals surface area contributed by atoms with Crippen LogP contribution in [0.5, 0.6) is 0 Å². The zero-order valence-electron chi connectivity index (χ0n) is 19.8. The maximum Gasteiger partial charge on any atom is 0.408 e. The Kier molecular flexibility index (Phi) is 6.81. The van der Waals surface area contributed by atoms with E-state index in [1.54, 1.807) is 13.8 Å². The van der Waals surface area contributed by atoms with Gasteiger partial charge in [-0.2, -0.15) is 0 Å². The summed E-state index contributed by atoms with van der Waals surface area (Å²) in [6.07, 6.45) is -0.918. The molecule has 3 rings (SSSR count). The molecular weight excluding hydrogens is 420 g/mol. The molecule has 7 heteroatoms. The highest BCUT2D eigenvalue weighted by molar-refractivity contribution is 5.89. The van der Waals surface area contributed by atoms with Crippen LogP contribution in [0.3, 0.4) is 0 Å². The lowest BCUT2D eigenvalue weighted by Gasteiger charge is -2.34. The van der Waals surface area contributed by atoms with E-state index in [1.165, 1.54) is 0 Å². The van der Waals surface area contributed by atoms with E-state index in [-0.39, 0.29) is 18.9 Å². The van der Waals surface area contributed by atoms with E-state index in [4.69, 9.17) is 4.74 Å². The molecule has 0 radical (unpaired) electrons. The van der Waals surface area contributed by atoms with E-state index in [1.807, 2.05) is 57.2 Å². The number of carbonyl (C=O) groups is 3. The second kappa shape index (κ2) is 9.25. The van der Waals surface area contributed by atoms with Crippen LogP contribution in [-0.2, 0) is 14.3 Å². The van der Waals surface area contributed by atoms with Crippen molar-refractivity contribution in [2.45, 2.75) is 58.5 Å². The van der Waals surface area contributed by atoms with E-state index < -0.39 is 35.0 Å². The molecule has 3 N–H and O–H groups in total. The fraction of sp³-hybridized carbons (Fsp3) is 0.423. The highest BCUT2D eigenvalue weighted by atomic mass is 16.5. The third-order valence-corrected chi connectivity index (χ3v) is 6.06. The number of amides is 2. The van der Waals surface area contributed by atoms with Gasteiger partial charge >= 0.3 is 12.1 Å². The summed E-state index contributed by atoms with van der Waals surface area (Å²) in [5, 5.41) is 14.6. The van der Waals surface area contributed by atoms with Gasteiger partial charge in [0.2, 0.25) is 5.91 Å². The van der Waals surface area contributed by atoms with Crippen molar-refractivity contribution in [3.05, 3.63) is 59.7 Å². The molecule has 0 bridgehead atoms. The number of benzene rings is 2. The van der Waals surface area contributed by atoms with Gasteiger partial charge in [-0.25, -0.2) is 4.79 Å². The first-order valence-electron chi connectivity index (χ1n) is 11.1. The SMILES string of the molecule is CC(C)(NC(=O)OCC1c2ccccc2-c2ccccc21)C(=O)NC(CC(=O)O)C(C)(C)C. The van der Waals surface area contributed by atoms with Crippen LogP contribution in [0.1, 0.15) is 58.1 Å². The topological polar surface area (TPSA) is 105 Å². The van der Waals surface area contributed by atoms with E-state index >= 15 is 0 Å². The van der Waals surface area contributed by atoms with Crippen molar-refractivity contribution < 1.29 is 24.2 Å². The van der Waals surface area contributed by atoms with Crippen LogP contribution < -0.4 is 10.6 Å². The molecular formula is C26H32N2O5. The van der Waals surface area contributed by atoms with Crippen LogP contribution in [0.2, 0.25) is 0 Å². The quantitative estimate of drug-likeness (QED) is 0.581. The number of carbonyl (C=O) groups excluding carboxylic acids is 2. The zero-order chi connectivity index (χ0) is 24.4. The van der Waals surface area contributed by atoms with Gasteiger partial charge in [-0.1, -0.05) is 69.3 Å². The number of fused-ring (bicyclic) bond motifs is 3. The molecule has 7 nitrogen and oxygen atoms in total. The molecule has 176 valence electrons. The van der Waals surface area contributed by atoms with Crippen molar-refractivity contribution in [2.75, 3.05) is 6.61 Å². The van der Waals surface area contributed by atoms with Crippen LogP contribution in [0.4, 0.5) is 4.79 Å². The fourth-order valence-corrected chi connectivity index (χ4v) is 4.03. The molecule has 0 heterocycles. The molecule has 0 saturated heterocycles. The Labute approximate surface area is 194 Å². The summed E-state index contributed by atoms with van der Waals surface area (Å²) in [4.78, 5) is 36.7. The number of alkyl carbamates (subject to hydrolysis) is 1. The second-order valence-corrected chi connectivity index (χ2v) is 10.1. The van der Waals surface area contributed by atoms with Crippen LogP contribution in [0, 0.1) is 5.41 Å². The first-order chi connectivity index (χ1) is 15.4. The molecule has 33 heavy (non-hydrogen) atoms. The zero-order valence-corrected chi connectivity index (χ0v) is 19.8. The molecule has 0 aliphatic heterocycles. The summed E-state index contributed by atoms with van der Waals surface area (Å²) in [6.45, 7) is 8.82. The van der Waals surface area contributed by atoms with Crippen molar-refractivity contribution in [1.29, 1.82) is 0 Å². The van der Waals surface area contributed by atoms with E-state index in [0.29, 0.717) is 0 Å². The summed E-state index contributed by atoms with van der Waals surface area (Å²) < 4.78 is 5.54. The average molecular weight is 453 g/mol. The molecule has 1 aliphatic rings. The van der Waals surface area contributed by atoms with Crippen molar-refractivity contribution in [3.8, 4) is 11.1 Å². The van der Waals surface area contributed by atoms with Gasteiger partial charge in [0.05, 0.1) is 6.42 Å². The van der Waals surface area contributed by atoms with Crippen LogP contribution in [0.15, 0.2) is 48.5 Å². The molecule has 0 fully saturated rings. The molecule has 0 saturated carbocycles. The molecule has 1 unspecified atom stereocenters. The Morgan fingerprint density at radius 3 is 1.94 bits per heavy atom. The molecule has 2 aromatic carbocycles. The van der Waals surface area contributed by atoms with Crippen LogP contribution in [0.25, 0.3) is 11.1 Å². The van der Waals surface area contributed by atoms with Gasteiger partial charge in [0.15, 0.2) is 0 Å². The third kappa shape index (κ3) is 5.53. The van der Waals surface area contributed by atoms with Gasteiger partial charge in [-0.05, 0) is 41.5 Å². The lowest BCUT2D eigenvalue weighted by atomic mass is 9.84. The lowest BCUT2D eigenvalue weighted by molar-refractivity contribution is -0.139. The maximum absolute atomic E-state index is 12.9. The minimum Gasteiger partial charge on any atom is -0.481 e. The summed E-state index contributed by atoms with van der Waals surface area (Å²) in [7, 11) is 0. The van der Waals surface area contributed by atoms with E-state index in [0.717, 1.165) is 22.3 Å². The molecule has 1 aliphatic carbocycles. The Morgan fingerprint density at radius 2 is 1.45 bits per heavy atom. The highest BCUT2D eigenvalue weighted by Gasteiger charge is 2.36. The molecule has 1 atom stereocenters. The second-order valence-electron chi connectivity index (χ2n) is 10.1. The van der Waals surface area contributed by atoms with Gasteiger partial charge in [0.1, 0.15) is 12.1 Å². The Hall–Kier alpha value is -3.35. The lowest BCUT2D eigenvalue weighted by Crippen LogP contribution is -2.58. The summed E-state index contributed by atoms with van der Waals surface area (Å²) in [6, 6.07) is 15.5. The average Bonchev–Trinajstić information content (AvgIpc) is 3.04. The van der Waals surface area contributed by atoms with Gasteiger partial charge in [0, 0.05) is 12.0 Å². The predicted octanol–water partition coefficient (Wildman–Crippen LogP) is 4.31. The Bertz CT molecular complexity index is 1010. The number of carboxylic acids is 1. The molecule has 2 aromatic rings. The summed E-state index contributed by atoms with van der Waals surface area (Å²) >= 11 is 0. The predicted molar refractivity (Wildman–Crippen MR) is 126 cm³/mol. The summed E-state index contributed by atoms with van der Waals surface area (Å²) in [5.74, 6) is -1.56. The largest absolute Gasteiger partial charge is 0.481 e. The van der Waals surface area contributed by atoms with Crippen molar-refractivity contribution in [1.82, 2.24) is 10.6 Å². The minimum atomic E-state index is -1.29. The highest BCUT2D eigenvalue weighted by Crippen LogP contribution is 2.44.